The van der Waals surface area contributed by atoms with Gasteiger partial charge in [-0.25, -0.2) is 0 Å². The van der Waals surface area contributed by atoms with Gasteiger partial charge in [-0.05, 0) is 18.4 Å². The molecule has 0 saturated carbocycles. The molecule has 0 aromatic carbocycles. The molecule has 38 valence electrons. The molecule has 0 radical (unpaired) electrons. The van der Waals surface area contributed by atoms with Crippen LogP contribution in [0.3, 0.4) is 0 Å². The summed E-state index contributed by atoms with van der Waals surface area (Å²) in [6, 6.07) is 0. The summed E-state index contributed by atoms with van der Waals surface area (Å²) in [7, 11) is 0. The fourth-order valence-corrected chi connectivity index (χ4v) is 0.627. The van der Waals surface area contributed by atoms with Gasteiger partial charge in [0.15, 0.2) is 0 Å². The third-order valence-electron chi connectivity index (χ3n) is 0.786. The van der Waals surface area contributed by atoms with Crippen LogP contribution in [0.4, 0.5) is 0 Å². The first-order valence-electron chi connectivity index (χ1n) is 2.17. The summed E-state index contributed by atoms with van der Waals surface area (Å²) in [6.45, 7) is 0.875. The lowest BCUT2D eigenvalue weighted by atomic mass is 10.4. The van der Waals surface area contributed by atoms with Gasteiger partial charge in [0.2, 0.25) is 0 Å². The van der Waals surface area contributed by atoms with Crippen molar-refractivity contribution in [2.75, 3.05) is 6.54 Å². The highest BCUT2D eigenvalue weighted by Crippen LogP contribution is 2.00. The van der Waals surface area contributed by atoms with Gasteiger partial charge in [0, 0.05) is 11.4 Å². The lowest BCUT2D eigenvalue weighted by Crippen LogP contribution is -2.08. The zero-order chi connectivity index (χ0) is 5.11. The minimum absolute atomic E-state index is 0.875. The molecule has 0 spiro atoms. The van der Waals surface area contributed by atoms with Gasteiger partial charge in [-0.2, -0.15) is 0 Å². The monoisotopic (exact) mass is 113 g/mol. The summed E-state index contributed by atoms with van der Waals surface area (Å²) in [6.07, 6.45) is 5.81. The highest BCUT2D eigenvalue weighted by Gasteiger charge is 1.87. The average Bonchev–Trinajstić information content (AvgIpc) is 1.69. The van der Waals surface area contributed by atoms with Gasteiger partial charge in [0.1, 0.15) is 0 Å². The van der Waals surface area contributed by atoms with Crippen LogP contribution in [0.1, 0.15) is 0 Å². The number of thiol groups is 1. The number of nitrogens with one attached hydrogen (secondary N) is 1. The third kappa shape index (κ3) is 1.27. The van der Waals surface area contributed by atoms with E-state index in [0.717, 1.165) is 11.4 Å². The summed E-state index contributed by atoms with van der Waals surface area (Å²) in [4.78, 5) is 1.09. The zero-order valence-electron chi connectivity index (χ0n) is 3.89. The minimum Gasteiger partial charge on any atom is -0.386 e. The summed E-state index contributed by atoms with van der Waals surface area (Å²) in [5, 5.41) is 3.01. The van der Waals surface area contributed by atoms with Crippen molar-refractivity contribution in [3.63, 3.8) is 0 Å². The number of hydrogen-bond acceptors (Lipinski definition) is 2. The summed E-state index contributed by atoms with van der Waals surface area (Å²) >= 11 is 4.11. The highest BCUT2D eigenvalue weighted by atomic mass is 32.1. The minimum atomic E-state index is 0.875. The van der Waals surface area contributed by atoms with Crippen LogP contribution < -0.4 is 5.32 Å². The number of dihydropyridines is 1. The Morgan fingerprint density at radius 1 is 1.71 bits per heavy atom. The molecule has 0 fully saturated rings. The highest BCUT2D eigenvalue weighted by molar-refractivity contribution is 7.84. The van der Waals surface area contributed by atoms with Crippen molar-refractivity contribution in [2.24, 2.45) is 0 Å². The first-order valence-corrected chi connectivity index (χ1v) is 2.62. The van der Waals surface area contributed by atoms with Crippen molar-refractivity contribution in [1.29, 1.82) is 0 Å². The quantitative estimate of drug-likeness (QED) is 0.445. The number of hydrogen-bond donors (Lipinski definition) is 2. The number of allylic oxidation sites excluding steroid dienone is 2. The van der Waals surface area contributed by atoms with E-state index in [1.807, 2.05) is 18.4 Å². The van der Waals surface area contributed by atoms with Gasteiger partial charge in [-0.3, -0.25) is 0 Å². The Hall–Kier alpha value is -0.370. The van der Waals surface area contributed by atoms with Gasteiger partial charge in [0.05, 0.1) is 0 Å². The Labute approximate surface area is 48.5 Å². The fourth-order valence-electron chi connectivity index (χ4n) is 0.450. The third-order valence-corrected chi connectivity index (χ3v) is 1.09. The zero-order valence-corrected chi connectivity index (χ0v) is 4.78. The molecule has 7 heavy (non-hydrogen) atoms. The molecule has 1 heterocycles. The first-order chi connectivity index (χ1) is 3.39. The smallest absolute Gasteiger partial charge is 0.0452 e. The van der Waals surface area contributed by atoms with E-state index in [1.165, 1.54) is 0 Å². The second-order valence-corrected chi connectivity index (χ2v) is 1.97. The molecule has 0 aromatic heterocycles. The molecule has 0 aliphatic carbocycles. The van der Waals surface area contributed by atoms with Crippen LogP contribution in [0.5, 0.6) is 0 Å². The molecule has 1 nitrogen and oxygen atoms in total. The van der Waals surface area contributed by atoms with Crippen LogP contribution in [-0.2, 0) is 0 Å². The van der Waals surface area contributed by atoms with E-state index in [2.05, 4.69) is 17.9 Å². The second kappa shape index (κ2) is 2.07. The summed E-state index contributed by atoms with van der Waals surface area (Å²) in [5.41, 5.74) is 0. The van der Waals surface area contributed by atoms with Crippen molar-refractivity contribution in [3.8, 4) is 0 Å². The van der Waals surface area contributed by atoms with E-state index in [1.54, 1.807) is 0 Å². The van der Waals surface area contributed by atoms with Gasteiger partial charge in [-0.15, -0.1) is 12.6 Å². The molecular formula is C5H7NS. The topological polar surface area (TPSA) is 12.0 Å². The molecule has 1 aliphatic rings. The molecule has 0 atom stereocenters. The van der Waals surface area contributed by atoms with Crippen molar-refractivity contribution in [1.82, 2.24) is 5.32 Å². The van der Waals surface area contributed by atoms with E-state index in [9.17, 15) is 0 Å². The van der Waals surface area contributed by atoms with Crippen LogP contribution in [0, 0.1) is 0 Å². The molecule has 0 unspecified atom stereocenters. The molecular weight excluding hydrogens is 106 g/mol. The molecule has 1 aliphatic heterocycles. The van der Waals surface area contributed by atoms with Crippen LogP contribution in [0.2, 0.25) is 0 Å². The Bertz CT molecular complexity index is 115. The summed E-state index contributed by atoms with van der Waals surface area (Å²) < 4.78 is 0. The van der Waals surface area contributed by atoms with E-state index < -0.39 is 0 Å². The summed E-state index contributed by atoms with van der Waals surface area (Å²) in [5.74, 6) is 0. The molecule has 0 amide bonds. The fraction of sp³-hybridized carbons (Fsp3) is 0.200. The molecule has 1 N–H and O–H groups in total. The molecule has 0 saturated heterocycles. The number of rotatable bonds is 0. The lowest BCUT2D eigenvalue weighted by molar-refractivity contribution is 0.962. The largest absolute Gasteiger partial charge is 0.386 e. The first kappa shape index (κ1) is 4.78. The van der Waals surface area contributed by atoms with Crippen LogP contribution in [0.15, 0.2) is 23.3 Å². The van der Waals surface area contributed by atoms with Gasteiger partial charge in [0.25, 0.3) is 0 Å². The predicted molar refractivity (Wildman–Crippen MR) is 34.2 cm³/mol. The van der Waals surface area contributed by atoms with Crippen LogP contribution >= 0.6 is 12.6 Å². The van der Waals surface area contributed by atoms with Crippen molar-refractivity contribution < 1.29 is 0 Å². The van der Waals surface area contributed by atoms with Crippen LogP contribution in [0.25, 0.3) is 0 Å². The maximum Gasteiger partial charge on any atom is 0.0452 e. The van der Waals surface area contributed by atoms with E-state index in [4.69, 9.17) is 0 Å². The van der Waals surface area contributed by atoms with Gasteiger partial charge >= 0.3 is 0 Å². The predicted octanol–water partition coefficient (Wildman–Crippen LogP) is 0.917. The van der Waals surface area contributed by atoms with E-state index >= 15 is 0 Å². The maximum atomic E-state index is 4.11. The van der Waals surface area contributed by atoms with Crippen molar-refractivity contribution >= 4 is 12.6 Å². The Morgan fingerprint density at radius 3 is 2.86 bits per heavy atom. The normalized spacial score (nSPS) is 18.1. The molecule has 1 rings (SSSR count). The Balaban J connectivity index is 2.57. The Kier molecular flexibility index (Phi) is 1.42. The van der Waals surface area contributed by atoms with Gasteiger partial charge < -0.3 is 5.32 Å². The van der Waals surface area contributed by atoms with E-state index in [-0.39, 0.29) is 0 Å². The van der Waals surface area contributed by atoms with Crippen molar-refractivity contribution in [3.05, 3.63) is 23.3 Å². The van der Waals surface area contributed by atoms with Crippen molar-refractivity contribution in [2.45, 2.75) is 0 Å². The molecule has 0 aromatic rings. The van der Waals surface area contributed by atoms with Gasteiger partial charge in [-0.1, -0.05) is 0 Å². The SMILES string of the molecule is SC1=CC=CNC1. The second-order valence-electron chi connectivity index (χ2n) is 1.40. The molecule has 0 bridgehead atoms. The average molecular weight is 113 g/mol. The van der Waals surface area contributed by atoms with E-state index in [0.29, 0.717) is 0 Å². The standard InChI is InChI=1S/C5H7NS/c7-5-2-1-3-6-4-5/h1-3,6-7H,4H2. The Morgan fingerprint density at radius 2 is 2.57 bits per heavy atom. The maximum absolute atomic E-state index is 4.11. The van der Waals surface area contributed by atoms with Crippen LogP contribution in [-0.4, -0.2) is 6.54 Å². The molecule has 2 heteroatoms. The lowest BCUT2D eigenvalue weighted by Gasteiger charge is -2.01.